The minimum Gasteiger partial charge on any atom is -0.508 e. The molecule has 1 aromatic carbocycles. The van der Waals surface area contributed by atoms with Crippen LogP contribution in [0.15, 0.2) is 12.1 Å². The molecule has 0 aliphatic heterocycles. The third-order valence-corrected chi connectivity index (χ3v) is 2.52. The van der Waals surface area contributed by atoms with Gasteiger partial charge in [-0.2, -0.15) is 0 Å². The highest BCUT2D eigenvalue weighted by molar-refractivity contribution is 6.31. The number of rotatable bonds is 2. The number of phenolic OH excluding ortho intramolecular Hbond substituents is 1. The van der Waals surface area contributed by atoms with Gasteiger partial charge in [0.05, 0.1) is 0 Å². The molecule has 0 saturated carbocycles. The summed E-state index contributed by atoms with van der Waals surface area (Å²) in [6.07, 6.45) is 0. The van der Waals surface area contributed by atoms with Crippen molar-refractivity contribution >= 4 is 11.6 Å². The summed E-state index contributed by atoms with van der Waals surface area (Å²) in [6, 6.07) is 3.32. The fourth-order valence-corrected chi connectivity index (χ4v) is 1.35. The van der Waals surface area contributed by atoms with E-state index in [-0.39, 0.29) is 18.3 Å². The summed E-state index contributed by atoms with van der Waals surface area (Å²) < 4.78 is 0. The molecule has 0 saturated heterocycles. The summed E-state index contributed by atoms with van der Waals surface area (Å²) in [5.41, 5.74) is 1.53. The molecule has 0 fully saturated rings. The molecule has 0 heterocycles. The Labute approximate surface area is 82.8 Å². The molecule has 0 aliphatic rings. The van der Waals surface area contributed by atoms with E-state index in [0.29, 0.717) is 10.6 Å². The second-order valence-electron chi connectivity index (χ2n) is 3.24. The van der Waals surface area contributed by atoms with E-state index in [4.69, 9.17) is 16.7 Å². The van der Waals surface area contributed by atoms with Crippen molar-refractivity contribution in [1.29, 1.82) is 0 Å². The van der Waals surface area contributed by atoms with Gasteiger partial charge in [0.1, 0.15) is 5.75 Å². The predicted molar refractivity (Wildman–Crippen MR) is 53.4 cm³/mol. The first kappa shape index (κ1) is 10.4. The molecular weight excluding hydrogens is 188 g/mol. The van der Waals surface area contributed by atoms with E-state index in [1.54, 1.807) is 12.1 Å². The SMILES string of the molecule is Cc1cc(O)c(C(C)CO)cc1Cl. The fraction of sp³-hybridized carbons (Fsp3) is 0.400. The van der Waals surface area contributed by atoms with Crippen LogP contribution in [0.25, 0.3) is 0 Å². The van der Waals surface area contributed by atoms with Crippen LogP contribution < -0.4 is 0 Å². The van der Waals surface area contributed by atoms with Gasteiger partial charge in [-0.25, -0.2) is 0 Å². The molecule has 2 N–H and O–H groups in total. The van der Waals surface area contributed by atoms with E-state index in [1.807, 2.05) is 13.8 Å². The number of hydrogen-bond acceptors (Lipinski definition) is 2. The maximum atomic E-state index is 9.55. The lowest BCUT2D eigenvalue weighted by molar-refractivity contribution is 0.270. The van der Waals surface area contributed by atoms with Crippen LogP contribution in [-0.2, 0) is 0 Å². The third-order valence-electron chi connectivity index (χ3n) is 2.11. The van der Waals surface area contributed by atoms with Crippen LogP contribution in [0, 0.1) is 6.92 Å². The van der Waals surface area contributed by atoms with Crippen LogP contribution in [0.4, 0.5) is 0 Å². The Bertz CT molecular complexity index is 310. The largest absolute Gasteiger partial charge is 0.508 e. The standard InChI is InChI=1S/C10H13ClO2/c1-6-3-10(13)8(4-9(6)11)7(2)5-12/h3-4,7,12-13H,5H2,1-2H3. The molecule has 13 heavy (non-hydrogen) atoms. The molecular formula is C10H13ClO2. The first-order valence-corrected chi connectivity index (χ1v) is 4.54. The van der Waals surface area contributed by atoms with Crippen molar-refractivity contribution in [2.24, 2.45) is 0 Å². The van der Waals surface area contributed by atoms with Gasteiger partial charge in [0.15, 0.2) is 0 Å². The third kappa shape index (κ3) is 2.14. The van der Waals surface area contributed by atoms with Crippen LogP contribution in [0.1, 0.15) is 24.0 Å². The Morgan fingerprint density at radius 1 is 1.46 bits per heavy atom. The first-order valence-electron chi connectivity index (χ1n) is 4.16. The van der Waals surface area contributed by atoms with Gasteiger partial charge in [0, 0.05) is 23.1 Å². The Kier molecular flexibility index (Phi) is 3.17. The highest BCUT2D eigenvalue weighted by Crippen LogP contribution is 2.30. The summed E-state index contributed by atoms with van der Waals surface area (Å²) in [7, 11) is 0. The van der Waals surface area contributed by atoms with Crippen molar-refractivity contribution in [3.05, 3.63) is 28.3 Å². The number of halogens is 1. The van der Waals surface area contributed by atoms with Crippen molar-refractivity contribution in [3.8, 4) is 5.75 Å². The highest BCUT2D eigenvalue weighted by atomic mass is 35.5. The van der Waals surface area contributed by atoms with Gasteiger partial charge in [-0.15, -0.1) is 0 Å². The average molecular weight is 201 g/mol. The lowest BCUT2D eigenvalue weighted by atomic mass is 9.99. The molecule has 0 aromatic heterocycles. The van der Waals surface area contributed by atoms with Gasteiger partial charge >= 0.3 is 0 Å². The van der Waals surface area contributed by atoms with E-state index >= 15 is 0 Å². The fourth-order valence-electron chi connectivity index (χ4n) is 1.17. The second kappa shape index (κ2) is 3.99. The highest BCUT2D eigenvalue weighted by Gasteiger charge is 2.11. The summed E-state index contributed by atoms with van der Waals surface area (Å²) in [6.45, 7) is 3.67. The number of aromatic hydroxyl groups is 1. The van der Waals surface area contributed by atoms with Crippen molar-refractivity contribution in [2.75, 3.05) is 6.61 Å². The van der Waals surface area contributed by atoms with Crippen LogP contribution in [0.5, 0.6) is 5.75 Å². The molecule has 0 radical (unpaired) electrons. The zero-order valence-electron chi connectivity index (χ0n) is 7.71. The van der Waals surface area contributed by atoms with Crippen molar-refractivity contribution in [3.63, 3.8) is 0 Å². The van der Waals surface area contributed by atoms with Crippen LogP contribution >= 0.6 is 11.6 Å². The molecule has 3 heteroatoms. The molecule has 1 rings (SSSR count). The Hall–Kier alpha value is -0.730. The van der Waals surface area contributed by atoms with Crippen molar-refractivity contribution < 1.29 is 10.2 Å². The lowest BCUT2D eigenvalue weighted by Crippen LogP contribution is -1.99. The van der Waals surface area contributed by atoms with Gasteiger partial charge in [-0.1, -0.05) is 18.5 Å². The number of phenols is 1. The Morgan fingerprint density at radius 2 is 2.08 bits per heavy atom. The lowest BCUT2D eigenvalue weighted by Gasteiger charge is -2.12. The van der Waals surface area contributed by atoms with Gasteiger partial charge in [-0.05, 0) is 24.6 Å². The first-order chi connectivity index (χ1) is 6.06. The zero-order valence-corrected chi connectivity index (χ0v) is 8.47. The normalized spacial score (nSPS) is 12.9. The van der Waals surface area contributed by atoms with Crippen LogP contribution in [0.3, 0.4) is 0 Å². The van der Waals surface area contributed by atoms with Gasteiger partial charge in [0.2, 0.25) is 0 Å². The monoisotopic (exact) mass is 200 g/mol. The molecule has 0 spiro atoms. The van der Waals surface area contributed by atoms with Crippen LogP contribution in [0.2, 0.25) is 5.02 Å². The second-order valence-corrected chi connectivity index (χ2v) is 3.65. The Morgan fingerprint density at radius 3 is 2.62 bits per heavy atom. The maximum absolute atomic E-state index is 9.55. The number of aliphatic hydroxyl groups excluding tert-OH is 1. The van der Waals surface area contributed by atoms with E-state index in [0.717, 1.165) is 5.56 Å². The number of aryl methyl sites for hydroxylation is 1. The number of aliphatic hydroxyl groups is 1. The van der Waals surface area contributed by atoms with Gasteiger partial charge < -0.3 is 10.2 Å². The predicted octanol–water partition coefficient (Wildman–Crippen LogP) is 2.45. The van der Waals surface area contributed by atoms with Gasteiger partial charge in [0.25, 0.3) is 0 Å². The molecule has 72 valence electrons. The Balaban J connectivity index is 3.15. The summed E-state index contributed by atoms with van der Waals surface area (Å²) >= 11 is 5.89. The van der Waals surface area contributed by atoms with E-state index < -0.39 is 0 Å². The molecule has 1 unspecified atom stereocenters. The summed E-state index contributed by atoms with van der Waals surface area (Å²) in [5.74, 6) is 0.113. The molecule has 1 aromatic rings. The summed E-state index contributed by atoms with van der Waals surface area (Å²) in [5, 5.41) is 19.1. The topological polar surface area (TPSA) is 40.5 Å². The zero-order chi connectivity index (χ0) is 10.0. The van der Waals surface area contributed by atoms with E-state index in [1.165, 1.54) is 0 Å². The van der Waals surface area contributed by atoms with Crippen molar-refractivity contribution in [1.82, 2.24) is 0 Å². The van der Waals surface area contributed by atoms with Crippen LogP contribution in [-0.4, -0.2) is 16.8 Å². The number of benzene rings is 1. The van der Waals surface area contributed by atoms with E-state index in [9.17, 15) is 5.11 Å². The molecule has 2 nitrogen and oxygen atoms in total. The van der Waals surface area contributed by atoms with Gasteiger partial charge in [-0.3, -0.25) is 0 Å². The molecule has 1 atom stereocenters. The van der Waals surface area contributed by atoms with Crippen molar-refractivity contribution in [2.45, 2.75) is 19.8 Å². The molecule has 0 bridgehead atoms. The average Bonchev–Trinajstić information content (AvgIpc) is 2.10. The molecule has 0 aliphatic carbocycles. The number of hydrogen-bond donors (Lipinski definition) is 2. The molecule has 0 amide bonds. The smallest absolute Gasteiger partial charge is 0.119 e. The quantitative estimate of drug-likeness (QED) is 0.770. The minimum atomic E-state index is -0.0851. The minimum absolute atomic E-state index is 0.00689. The summed E-state index contributed by atoms with van der Waals surface area (Å²) in [4.78, 5) is 0. The maximum Gasteiger partial charge on any atom is 0.119 e. The van der Waals surface area contributed by atoms with E-state index in [2.05, 4.69) is 0 Å².